The molecular formula is C24H26F2N6O6. The maximum atomic E-state index is 15.0. The molecule has 2 fully saturated rings. The van der Waals surface area contributed by atoms with Crippen LogP contribution < -0.4 is 20.4 Å². The second-order valence-corrected chi connectivity index (χ2v) is 8.78. The third-order valence-corrected chi connectivity index (χ3v) is 6.19. The summed E-state index contributed by atoms with van der Waals surface area (Å²) in [6, 6.07) is 6.06. The van der Waals surface area contributed by atoms with Gasteiger partial charge in [0.25, 0.3) is 5.91 Å². The summed E-state index contributed by atoms with van der Waals surface area (Å²) in [7, 11) is 0. The number of hydrogen-bond donors (Lipinski definition) is 3. The lowest BCUT2D eigenvalue weighted by atomic mass is 10.1. The standard InChI is InChI=1S/C24H26F2N6O6/c1-14(29-21(33)19-4-2-3-5-27-19)22(34)31-8-6-30(7-9-31)20-17(25)10-15(11-18(20)26)32-13-16(38-24(32)37)12-28-23(35)36/h2-5,10-11,14,16,28H,6-9,12-13H2,1H3,(H,29,33)(H,35,36)/t14-,16-/m0/s1. The fraction of sp³-hybridized carbons (Fsp3) is 0.375. The Labute approximate surface area is 216 Å². The van der Waals surface area contributed by atoms with E-state index in [4.69, 9.17) is 9.84 Å². The molecule has 202 valence electrons. The fourth-order valence-electron chi connectivity index (χ4n) is 4.30. The number of hydrogen-bond acceptors (Lipinski definition) is 7. The molecule has 0 saturated carbocycles. The van der Waals surface area contributed by atoms with Gasteiger partial charge in [-0.3, -0.25) is 19.5 Å². The fourth-order valence-corrected chi connectivity index (χ4v) is 4.30. The number of piperazine rings is 1. The van der Waals surface area contributed by atoms with Gasteiger partial charge in [0.15, 0.2) is 11.6 Å². The number of carbonyl (C=O) groups excluding carboxylic acids is 3. The van der Waals surface area contributed by atoms with Gasteiger partial charge in [-0.2, -0.15) is 0 Å². The van der Waals surface area contributed by atoms with Crippen LogP contribution in [0.15, 0.2) is 36.5 Å². The van der Waals surface area contributed by atoms with Crippen LogP contribution in [-0.4, -0.2) is 90.4 Å². The zero-order valence-corrected chi connectivity index (χ0v) is 20.4. The van der Waals surface area contributed by atoms with Crippen LogP contribution in [0.5, 0.6) is 0 Å². The van der Waals surface area contributed by atoms with Crippen molar-refractivity contribution in [2.24, 2.45) is 0 Å². The van der Waals surface area contributed by atoms with Crippen LogP contribution in [0.2, 0.25) is 0 Å². The van der Waals surface area contributed by atoms with Gasteiger partial charge in [-0.25, -0.2) is 18.4 Å². The molecule has 0 spiro atoms. The minimum atomic E-state index is -1.29. The predicted molar refractivity (Wildman–Crippen MR) is 130 cm³/mol. The Morgan fingerprint density at radius 3 is 2.45 bits per heavy atom. The van der Waals surface area contributed by atoms with Crippen LogP contribution >= 0.6 is 0 Å². The van der Waals surface area contributed by atoms with E-state index >= 15 is 8.78 Å². The molecule has 2 aliphatic heterocycles. The average Bonchev–Trinajstić information content (AvgIpc) is 3.28. The van der Waals surface area contributed by atoms with E-state index in [1.807, 2.05) is 0 Å². The first-order valence-electron chi connectivity index (χ1n) is 11.8. The molecule has 14 heteroatoms. The Kier molecular flexibility index (Phi) is 7.88. The smallest absolute Gasteiger partial charge is 0.414 e. The maximum Gasteiger partial charge on any atom is 0.414 e. The van der Waals surface area contributed by atoms with Crippen LogP contribution in [0.1, 0.15) is 17.4 Å². The highest BCUT2D eigenvalue weighted by molar-refractivity contribution is 5.96. The van der Waals surface area contributed by atoms with Crippen LogP contribution in [0.3, 0.4) is 0 Å². The molecule has 0 bridgehead atoms. The van der Waals surface area contributed by atoms with Gasteiger partial charge in [0.2, 0.25) is 5.91 Å². The zero-order valence-electron chi connectivity index (χ0n) is 20.4. The van der Waals surface area contributed by atoms with Crippen molar-refractivity contribution in [1.82, 2.24) is 20.5 Å². The van der Waals surface area contributed by atoms with Gasteiger partial charge in [0.05, 0.1) is 18.8 Å². The molecule has 0 radical (unpaired) electrons. The number of carbonyl (C=O) groups is 4. The Morgan fingerprint density at radius 2 is 1.84 bits per heavy atom. The average molecular weight is 533 g/mol. The molecule has 2 saturated heterocycles. The summed E-state index contributed by atoms with van der Waals surface area (Å²) in [4.78, 5) is 55.8. The summed E-state index contributed by atoms with van der Waals surface area (Å²) >= 11 is 0. The molecule has 38 heavy (non-hydrogen) atoms. The van der Waals surface area contributed by atoms with Crippen LogP contribution in [0.25, 0.3) is 0 Å². The number of halogens is 2. The van der Waals surface area contributed by atoms with E-state index in [2.05, 4.69) is 15.6 Å². The molecule has 4 rings (SSSR count). The van der Waals surface area contributed by atoms with Gasteiger partial charge in [-0.1, -0.05) is 6.07 Å². The maximum absolute atomic E-state index is 15.0. The normalized spacial score (nSPS) is 18.1. The van der Waals surface area contributed by atoms with Crippen molar-refractivity contribution in [3.8, 4) is 0 Å². The number of pyridine rings is 1. The zero-order chi connectivity index (χ0) is 27.4. The molecule has 3 N–H and O–H groups in total. The van der Waals surface area contributed by atoms with Crippen molar-refractivity contribution < 1.29 is 37.8 Å². The van der Waals surface area contributed by atoms with Crippen molar-refractivity contribution >= 4 is 35.4 Å². The van der Waals surface area contributed by atoms with Crippen molar-refractivity contribution in [3.05, 3.63) is 53.9 Å². The number of anilines is 2. The third kappa shape index (κ3) is 5.90. The van der Waals surface area contributed by atoms with E-state index in [1.54, 1.807) is 19.1 Å². The lowest BCUT2D eigenvalue weighted by Crippen LogP contribution is -2.54. The van der Waals surface area contributed by atoms with Gasteiger partial charge >= 0.3 is 12.2 Å². The highest BCUT2D eigenvalue weighted by Gasteiger charge is 2.34. The SMILES string of the molecule is C[C@H](NC(=O)c1ccccn1)C(=O)N1CCN(c2c(F)cc(N3C[C@H](CNC(=O)O)OC3=O)cc2F)CC1. The second kappa shape index (κ2) is 11.3. The van der Waals surface area contributed by atoms with Gasteiger partial charge < -0.3 is 30.3 Å². The summed E-state index contributed by atoms with van der Waals surface area (Å²) in [6.07, 6.45) is -1.46. The Hall–Kier alpha value is -4.49. The summed E-state index contributed by atoms with van der Waals surface area (Å²) < 4.78 is 35.1. The van der Waals surface area contributed by atoms with Crippen molar-refractivity contribution in [3.63, 3.8) is 0 Å². The van der Waals surface area contributed by atoms with E-state index in [0.717, 1.165) is 17.0 Å². The highest BCUT2D eigenvalue weighted by Crippen LogP contribution is 2.31. The van der Waals surface area contributed by atoms with Crippen molar-refractivity contribution in [2.75, 3.05) is 49.1 Å². The topological polar surface area (TPSA) is 144 Å². The Morgan fingerprint density at radius 1 is 1.16 bits per heavy atom. The molecular weight excluding hydrogens is 506 g/mol. The molecule has 2 atom stereocenters. The van der Waals surface area contributed by atoms with E-state index in [9.17, 15) is 19.2 Å². The molecule has 1 aromatic heterocycles. The summed E-state index contributed by atoms with van der Waals surface area (Å²) in [5.41, 5.74) is -0.159. The molecule has 2 aromatic rings. The van der Waals surface area contributed by atoms with Gasteiger partial charge in [0.1, 0.15) is 23.5 Å². The van der Waals surface area contributed by atoms with Gasteiger partial charge in [-0.05, 0) is 19.1 Å². The monoisotopic (exact) mass is 532 g/mol. The van der Waals surface area contributed by atoms with Crippen LogP contribution in [-0.2, 0) is 9.53 Å². The Balaban J connectivity index is 1.35. The quantitative estimate of drug-likeness (QED) is 0.486. The summed E-state index contributed by atoms with van der Waals surface area (Å²) in [5, 5.41) is 13.4. The number of nitrogens with one attached hydrogen (secondary N) is 2. The number of aromatic nitrogens is 1. The first-order chi connectivity index (χ1) is 18.1. The van der Waals surface area contributed by atoms with Crippen molar-refractivity contribution in [1.29, 1.82) is 0 Å². The Bertz CT molecular complexity index is 1200. The van der Waals surface area contributed by atoms with Crippen molar-refractivity contribution in [2.45, 2.75) is 19.1 Å². The lowest BCUT2D eigenvalue weighted by Gasteiger charge is -2.37. The van der Waals surface area contributed by atoms with E-state index in [1.165, 1.54) is 22.1 Å². The molecule has 3 heterocycles. The number of carboxylic acid groups (broad SMARTS) is 1. The van der Waals surface area contributed by atoms with Gasteiger partial charge in [0, 0.05) is 44.5 Å². The molecule has 2 aliphatic rings. The number of cyclic esters (lactones) is 1. The van der Waals surface area contributed by atoms with E-state index in [0.29, 0.717) is 0 Å². The lowest BCUT2D eigenvalue weighted by molar-refractivity contribution is -0.133. The second-order valence-electron chi connectivity index (χ2n) is 8.78. The summed E-state index contributed by atoms with van der Waals surface area (Å²) in [5.74, 6) is -2.60. The van der Waals surface area contributed by atoms with E-state index in [-0.39, 0.29) is 62.2 Å². The molecule has 12 nitrogen and oxygen atoms in total. The number of ether oxygens (including phenoxy) is 1. The van der Waals surface area contributed by atoms with Crippen LogP contribution in [0, 0.1) is 11.6 Å². The number of nitrogens with zero attached hydrogens (tertiary/aromatic N) is 4. The number of rotatable bonds is 7. The van der Waals surface area contributed by atoms with Gasteiger partial charge in [-0.15, -0.1) is 0 Å². The first-order valence-corrected chi connectivity index (χ1v) is 11.8. The largest absolute Gasteiger partial charge is 0.465 e. The summed E-state index contributed by atoms with van der Waals surface area (Å²) in [6.45, 7) is 1.98. The molecule has 1 aromatic carbocycles. The van der Waals surface area contributed by atoms with Crippen LogP contribution in [0.4, 0.5) is 29.7 Å². The molecule has 0 unspecified atom stereocenters. The number of amides is 4. The molecule has 4 amide bonds. The highest BCUT2D eigenvalue weighted by atomic mass is 19.1. The number of benzene rings is 1. The van der Waals surface area contributed by atoms with E-state index < -0.39 is 41.9 Å². The molecule has 0 aliphatic carbocycles. The minimum Gasteiger partial charge on any atom is -0.465 e. The predicted octanol–water partition coefficient (Wildman–Crippen LogP) is 1.42. The third-order valence-electron chi connectivity index (χ3n) is 6.19. The minimum absolute atomic E-state index is 0.0575. The first kappa shape index (κ1) is 26.6.